The average molecular weight is 264 g/mol. The van der Waals surface area contributed by atoms with Crippen molar-refractivity contribution in [1.82, 2.24) is 9.55 Å². The lowest BCUT2D eigenvalue weighted by atomic mass is 10.1. The first-order valence-electron chi connectivity index (χ1n) is 5.90. The Hall–Kier alpha value is -1.48. The summed E-state index contributed by atoms with van der Waals surface area (Å²) in [5.74, 6) is 0.688. The fraction of sp³-hybridized carbons (Fsp3) is 0.357. The van der Waals surface area contributed by atoms with Crippen LogP contribution in [0.2, 0.25) is 5.02 Å². The van der Waals surface area contributed by atoms with Gasteiger partial charge in [-0.05, 0) is 45.4 Å². The van der Waals surface area contributed by atoms with Crippen LogP contribution in [0, 0.1) is 6.92 Å². The van der Waals surface area contributed by atoms with Gasteiger partial charge in [0.2, 0.25) is 0 Å². The van der Waals surface area contributed by atoms with E-state index in [0.717, 1.165) is 21.8 Å². The number of nitrogen functional groups attached to an aromatic ring is 1. The second-order valence-electron chi connectivity index (χ2n) is 5.48. The number of nitrogens with two attached hydrogens (primary N) is 1. The van der Waals surface area contributed by atoms with Gasteiger partial charge in [-0.3, -0.25) is 0 Å². The Kier molecular flexibility index (Phi) is 3.11. The largest absolute Gasteiger partial charge is 0.383 e. The zero-order chi connectivity index (χ0) is 13.5. The molecule has 1 heterocycles. The summed E-state index contributed by atoms with van der Waals surface area (Å²) in [5.41, 5.74) is 9.05. The van der Waals surface area contributed by atoms with Crippen LogP contribution in [0.1, 0.15) is 26.3 Å². The Balaban J connectivity index is 2.56. The topological polar surface area (TPSA) is 43.8 Å². The number of hydrogen-bond acceptors (Lipinski definition) is 2. The molecule has 2 aromatic rings. The molecule has 2 rings (SSSR count). The van der Waals surface area contributed by atoms with Gasteiger partial charge in [-0.25, -0.2) is 4.98 Å². The van der Waals surface area contributed by atoms with Crippen LogP contribution in [0.4, 0.5) is 5.82 Å². The first kappa shape index (κ1) is 13.0. The van der Waals surface area contributed by atoms with E-state index >= 15 is 0 Å². The molecule has 0 fully saturated rings. The molecule has 96 valence electrons. The van der Waals surface area contributed by atoms with E-state index in [9.17, 15) is 0 Å². The first-order chi connectivity index (χ1) is 8.30. The molecule has 0 aliphatic heterocycles. The third kappa shape index (κ3) is 2.23. The van der Waals surface area contributed by atoms with Gasteiger partial charge in [0.05, 0.1) is 6.33 Å². The van der Waals surface area contributed by atoms with E-state index in [0.29, 0.717) is 5.82 Å². The Morgan fingerprint density at radius 3 is 2.44 bits per heavy atom. The van der Waals surface area contributed by atoms with Crippen molar-refractivity contribution in [2.75, 3.05) is 5.73 Å². The molecule has 3 nitrogen and oxygen atoms in total. The molecule has 0 atom stereocenters. The molecule has 0 spiro atoms. The minimum atomic E-state index is -0.0737. The summed E-state index contributed by atoms with van der Waals surface area (Å²) in [6.07, 6.45) is 1.79. The minimum absolute atomic E-state index is 0.0737. The maximum absolute atomic E-state index is 6.20. The summed E-state index contributed by atoms with van der Waals surface area (Å²) in [7, 11) is 0. The molecule has 0 radical (unpaired) electrons. The molecule has 0 aliphatic rings. The van der Waals surface area contributed by atoms with E-state index in [-0.39, 0.29) is 5.54 Å². The summed E-state index contributed by atoms with van der Waals surface area (Å²) in [4.78, 5) is 4.44. The van der Waals surface area contributed by atoms with Gasteiger partial charge < -0.3 is 10.3 Å². The molecule has 2 N–H and O–H groups in total. The third-order valence-corrected chi connectivity index (χ3v) is 3.21. The SMILES string of the molecule is Cc1cc(Cl)ccc1-c1ncn(C(C)(C)C)c1N. The van der Waals surface area contributed by atoms with Crippen LogP contribution in [0.5, 0.6) is 0 Å². The predicted molar refractivity (Wildman–Crippen MR) is 76.8 cm³/mol. The maximum Gasteiger partial charge on any atom is 0.132 e. The molecule has 18 heavy (non-hydrogen) atoms. The lowest BCUT2D eigenvalue weighted by Gasteiger charge is -2.22. The van der Waals surface area contributed by atoms with Gasteiger partial charge in [0, 0.05) is 16.1 Å². The number of anilines is 1. The fourth-order valence-electron chi connectivity index (χ4n) is 1.99. The normalized spacial score (nSPS) is 11.8. The van der Waals surface area contributed by atoms with Crippen molar-refractivity contribution >= 4 is 17.4 Å². The van der Waals surface area contributed by atoms with Gasteiger partial charge in [0.15, 0.2) is 0 Å². The number of halogens is 1. The molecule has 0 aliphatic carbocycles. The lowest BCUT2D eigenvalue weighted by Crippen LogP contribution is -2.22. The van der Waals surface area contributed by atoms with Gasteiger partial charge in [-0.1, -0.05) is 17.7 Å². The Bertz CT molecular complexity index is 579. The molecule has 0 amide bonds. The van der Waals surface area contributed by atoms with Gasteiger partial charge >= 0.3 is 0 Å². The second-order valence-corrected chi connectivity index (χ2v) is 5.91. The van der Waals surface area contributed by atoms with Gasteiger partial charge in [-0.2, -0.15) is 0 Å². The minimum Gasteiger partial charge on any atom is -0.383 e. The van der Waals surface area contributed by atoms with Crippen LogP contribution >= 0.6 is 11.6 Å². The highest BCUT2D eigenvalue weighted by atomic mass is 35.5. The van der Waals surface area contributed by atoms with Crippen LogP contribution in [0.25, 0.3) is 11.3 Å². The summed E-state index contributed by atoms with van der Waals surface area (Å²) in [6.45, 7) is 8.31. The van der Waals surface area contributed by atoms with Crippen molar-refractivity contribution in [3.05, 3.63) is 35.1 Å². The van der Waals surface area contributed by atoms with Crippen LogP contribution in [-0.4, -0.2) is 9.55 Å². The van der Waals surface area contributed by atoms with Crippen molar-refractivity contribution in [2.24, 2.45) is 0 Å². The van der Waals surface area contributed by atoms with E-state index in [4.69, 9.17) is 17.3 Å². The van der Waals surface area contributed by atoms with Crippen molar-refractivity contribution in [1.29, 1.82) is 0 Å². The first-order valence-corrected chi connectivity index (χ1v) is 6.28. The lowest BCUT2D eigenvalue weighted by molar-refractivity contribution is 0.402. The maximum atomic E-state index is 6.20. The molecule has 0 unspecified atom stereocenters. The van der Waals surface area contributed by atoms with Crippen LogP contribution < -0.4 is 5.73 Å². The van der Waals surface area contributed by atoms with Crippen LogP contribution in [-0.2, 0) is 5.54 Å². The summed E-state index contributed by atoms with van der Waals surface area (Å²) >= 11 is 5.97. The molecule has 4 heteroatoms. The van der Waals surface area contributed by atoms with Crippen LogP contribution in [0.3, 0.4) is 0 Å². The fourth-order valence-corrected chi connectivity index (χ4v) is 2.22. The summed E-state index contributed by atoms with van der Waals surface area (Å²) in [6, 6.07) is 5.75. The third-order valence-electron chi connectivity index (χ3n) is 2.97. The summed E-state index contributed by atoms with van der Waals surface area (Å²) in [5, 5.41) is 0.727. The van der Waals surface area contributed by atoms with E-state index in [2.05, 4.69) is 25.8 Å². The average Bonchev–Trinajstić information content (AvgIpc) is 2.60. The highest BCUT2D eigenvalue weighted by Gasteiger charge is 2.19. The number of benzene rings is 1. The van der Waals surface area contributed by atoms with E-state index in [1.54, 1.807) is 6.33 Å². The number of imidazole rings is 1. The summed E-state index contributed by atoms with van der Waals surface area (Å²) < 4.78 is 1.98. The smallest absolute Gasteiger partial charge is 0.132 e. The Morgan fingerprint density at radius 1 is 1.28 bits per heavy atom. The number of aryl methyl sites for hydroxylation is 1. The zero-order valence-electron chi connectivity index (χ0n) is 11.2. The molecule has 1 aromatic heterocycles. The molecular formula is C14H18ClN3. The van der Waals surface area contributed by atoms with E-state index < -0.39 is 0 Å². The van der Waals surface area contributed by atoms with Crippen molar-refractivity contribution in [3.63, 3.8) is 0 Å². The van der Waals surface area contributed by atoms with Crippen LogP contribution in [0.15, 0.2) is 24.5 Å². The van der Waals surface area contributed by atoms with Crippen molar-refractivity contribution in [3.8, 4) is 11.3 Å². The quantitative estimate of drug-likeness (QED) is 0.849. The number of rotatable bonds is 1. The van der Waals surface area contributed by atoms with Gasteiger partial charge in [0.25, 0.3) is 0 Å². The van der Waals surface area contributed by atoms with E-state index in [1.807, 2.05) is 29.7 Å². The Labute approximate surface area is 113 Å². The van der Waals surface area contributed by atoms with Gasteiger partial charge in [-0.15, -0.1) is 0 Å². The van der Waals surface area contributed by atoms with Crippen molar-refractivity contribution < 1.29 is 0 Å². The highest BCUT2D eigenvalue weighted by molar-refractivity contribution is 6.30. The number of hydrogen-bond donors (Lipinski definition) is 1. The second kappa shape index (κ2) is 4.32. The van der Waals surface area contributed by atoms with Gasteiger partial charge in [0.1, 0.15) is 11.5 Å². The standard InChI is InChI=1S/C14H18ClN3/c1-9-7-10(15)5-6-11(9)12-13(16)18(8-17-12)14(2,3)4/h5-8H,16H2,1-4H3. The molecule has 1 aromatic carbocycles. The monoisotopic (exact) mass is 263 g/mol. The van der Waals surface area contributed by atoms with Crippen molar-refractivity contribution in [2.45, 2.75) is 33.2 Å². The highest BCUT2D eigenvalue weighted by Crippen LogP contribution is 2.31. The number of aromatic nitrogens is 2. The Morgan fingerprint density at radius 2 is 1.94 bits per heavy atom. The predicted octanol–water partition coefficient (Wildman–Crippen LogP) is 3.85. The zero-order valence-corrected chi connectivity index (χ0v) is 11.9. The van der Waals surface area contributed by atoms with E-state index in [1.165, 1.54) is 0 Å². The molecule has 0 saturated heterocycles. The molecular weight excluding hydrogens is 246 g/mol. The number of nitrogens with zero attached hydrogens (tertiary/aromatic N) is 2. The molecule has 0 saturated carbocycles. The molecule has 0 bridgehead atoms.